The summed E-state index contributed by atoms with van der Waals surface area (Å²) in [7, 11) is 3.00. The van der Waals surface area contributed by atoms with Gasteiger partial charge < -0.3 is 33.7 Å². The second-order valence-corrected chi connectivity index (χ2v) is 0.976. The van der Waals surface area contributed by atoms with E-state index in [2.05, 4.69) is 6.92 Å². The van der Waals surface area contributed by atoms with Crippen molar-refractivity contribution < 1.29 is 37.0 Å². The molecular weight excluding hydrogens is 220 g/mol. The van der Waals surface area contributed by atoms with E-state index in [0.717, 1.165) is 27.8 Å². The van der Waals surface area contributed by atoms with Crippen molar-refractivity contribution in [3.8, 4) is 0 Å². The van der Waals surface area contributed by atoms with Crippen LogP contribution in [-0.2, 0) is 21.7 Å². The summed E-state index contributed by atoms with van der Waals surface area (Å²) in [6, 6.07) is 0. The summed E-state index contributed by atoms with van der Waals surface area (Å²) >= 11 is 0. The summed E-state index contributed by atoms with van der Waals surface area (Å²) in [5.41, 5.74) is 9.69. The molecule has 0 unspecified atom stereocenters. The minimum atomic E-state index is 0. The fourth-order valence-corrected chi connectivity index (χ4v) is 0. The Hall–Kier alpha value is 0.514. The summed E-state index contributed by atoms with van der Waals surface area (Å²) in [5.74, 6) is 0. The normalized spacial score (nSPS) is 4.71. The van der Waals surface area contributed by atoms with Crippen molar-refractivity contribution in [2.45, 2.75) is 13.3 Å². The SMILES string of the molecule is CO.CO.CO.C[CH-]N.[CH2-]CCN.[Ti+2]. The zero-order valence-corrected chi connectivity index (χ0v) is 11.3. The second kappa shape index (κ2) is 171. The van der Waals surface area contributed by atoms with Gasteiger partial charge in [0.25, 0.3) is 0 Å². The fourth-order valence-electron chi connectivity index (χ4n) is 0. The third-order valence-electron chi connectivity index (χ3n) is 0.204. The van der Waals surface area contributed by atoms with Crippen LogP contribution in [0.2, 0.25) is 0 Å². The fraction of sp³-hybridized carbons (Fsp3) is 0.750. The van der Waals surface area contributed by atoms with Crippen LogP contribution in [0, 0.1) is 13.5 Å². The molecule has 0 bridgehead atoms. The first-order valence-corrected chi connectivity index (χ1v) is 3.66. The number of hydrogen-bond donors (Lipinski definition) is 5. The first kappa shape index (κ1) is 36.6. The molecule has 0 fully saturated rings. The molecule has 0 heterocycles. The van der Waals surface area contributed by atoms with Crippen LogP contribution in [-0.4, -0.2) is 43.2 Å². The minimum absolute atomic E-state index is 0. The molecule has 0 rings (SSSR count). The van der Waals surface area contributed by atoms with Gasteiger partial charge in [-0.1, -0.05) is 0 Å². The van der Waals surface area contributed by atoms with Crippen LogP contribution < -0.4 is 11.5 Å². The molecule has 0 aliphatic rings. The first-order valence-electron chi connectivity index (χ1n) is 3.66. The van der Waals surface area contributed by atoms with Gasteiger partial charge in [0.05, 0.1) is 0 Å². The van der Waals surface area contributed by atoms with Crippen molar-refractivity contribution in [3.63, 3.8) is 0 Å². The monoisotopic (exact) mass is 246 g/mol. The van der Waals surface area contributed by atoms with Gasteiger partial charge in [-0.15, -0.1) is 0 Å². The van der Waals surface area contributed by atoms with Crippen LogP contribution in [0.5, 0.6) is 0 Å². The van der Waals surface area contributed by atoms with Gasteiger partial charge in [0.2, 0.25) is 0 Å². The van der Waals surface area contributed by atoms with Crippen LogP contribution in [0.4, 0.5) is 0 Å². The van der Waals surface area contributed by atoms with Gasteiger partial charge in [0, 0.05) is 21.3 Å². The number of nitrogens with two attached hydrogens (primary N) is 2. The molecule has 0 aliphatic carbocycles. The van der Waals surface area contributed by atoms with Crippen LogP contribution in [0.25, 0.3) is 0 Å². The topological polar surface area (TPSA) is 113 Å². The van der Waals surface area contributed by atoms with E-state index in [1.807, 2.05) is 0 Å². The van der Waals surface area contributed by atoms with Gasteiger partial charge in [-0.3, -0.25) is 6.54 Å². The molecule has 0 aromatic heterocycles. The van der Waals surface area contributed by atoms with E-state index in [0.29, 0.717) is 6.54 Å². The Kier molecular flexibility index (Phi) is 448. The molecule has 14 heavy (non-hydrogen) atoms. The van der Waals surface area contributed by atoms with Gasteiger partial charge in [0.15, 0.2) is 0 Å². The maximum absolute atomic E-state index is 7.00. The number of rotatable bonds is 1. The molecule has 7 N–H and O–H groups in total. The quantitative estimate of drug-likeness (QED) is 0.304. The molecule has 0 aromatic carbocycles. The molecule has 5 nitrogen and oxygen atoms in total. The number of hydrogen-bond acceptors (Lipinski definition) is 5. The summed E-state index contributed by atoms with van der Waals surface area (Å²) in [5, 5.41) is 21.0. The van der Waals surface area contributed by atoms with Crippen LogP contribution in [0.1, 0.15) is 13.3 Å². The second-order valence-electron chi connectivity index (χ2n) is 0.976. The van der Waals surface area contributed by atoms with Crippen molar-refractivity contribution in [2.75, 3.05) is 27.9 Å². The zero-order chi connectivity index (χ0) is 12.1. The van der Waals surface area contributed by atoms with Crippen molar-refractivity contribution >= 4 is 0 Å². The Morgan fingerprint density at radius 3 is 1.14 bits per heavy atom. The third kappa shape index (κ3) is 724. The Morgan fingerprint density at radius 1 is 1.07 bits per heavy atom. The maximum atomic E-state index is 7.00. The van der Waals surface area contributed by atoms with Crippen molar-refractivity contribution in [1.82, 2.24) is 0 Å². The predicted molar refractivity (Wildman–Crippen MR) is 57.6 cm³/mol. The van der Waals surface area contributed by atoms with Gasteiger partial charge in [-0.05, 0) is 6.54 Å². The molecule has 0 aliphatic heterocycles. The van der Waals surface area contributed by atoms with Gasteiger partial charge in [-0.2, -0.15) is 13.3 Å². The predicted octanol–water partition coefficient (Wildman–Crippen LogP) is -0.881. The summed E-state index contributed by atoms with van der Waals surface area (Å²) in [6.07, 6.45) is 0.847. The molecule has 0 saturated carbocycles. The van der Waals surface area contributed by atoms with E-state index in [9.17, 15) is 0 Å². The molecule has 0 atom stereocenters. The molecular formula is C8H26N2O3Ti. The van der Waals surface area contributed by atoms with Gasteiger partial charge >= 0.3 is 21.7 Å². The van der Waals surface area contributed by atoms with Crippen molar-refractivity contribution in [3.05, 3.63) is 13.5 Å². The smallest absolute Gasteiger partial charge is 0.484 e. The summed E-state index contributed by atoms with van der Waals surface area (Å²) in [4.78, 5) is 0. The van der Waals surface area contributed by atoms with E-state index in [1.54, 1.807) is 6.92 Å². The van der Waals surface area contributed by atoms with Crippen LogP contribution >= 0.6 is 0 Å². The molecule has 0 radical (unpaired) electrons. The summed E-state index contributed by atoms with van der Waals surface area (Å²) < 4.78 is 0. The van der Waals surface area contributed by atoms with E-state index >= 15 is 0 Å². The third-order valence-corrected chi connectivity index (χ3v) is 0.204. The Labute approximate surface area is 103 Å². The molecule has 90 valence electrons. The van der Waals surface area contributed by atoms with Gasteiger partial charge in [0.1, 0.15) is 0 Å². The Morgan fingerprint density at radius 2 is 1.14 bits per heavy atom. The number of aliphatic hydroxyl groups is 3. The van der Waals surface area contributed by atoms with Crippen molar-refractivity contribution in [2.24, 2.45) is 11.5 Å². The minimum Gasteiger partial charge on any atom is -0.484 e. The average Bonchev–Trinajstić information content (AvgIpc) is 2.27. The standard InChI is InChI=1S/C3H8N.C2H6N.3CH4O.Ti/c1-2-3-4;1-2-3;3*1-2;/h1-4H2;2H,3H2,1H3;3*2H,1H3;/q2*-1;;;;+2. The Balaban J connectivity index is -0.0000000146. The number of aliphatic hydroxyl groups excluding tert-OH is 3. The van der Waals surface area contributed by atoms with E-state index < -0.39 is 0 Å². The molecule has 0 aromatic rings. The molecule has 0 saturated heterocycles. The Bertz CT molecular complexity index is 30.1. The summed E-state index contributed by atoms with van der Waals surface area (Å²) in [6.45, 7) is 7.47. The molecule has 6 heteroatoms. The van der Waals surface area contributed by atoms with Crippen LogP contribution in [0.3, 0.4) is 0 Å². The van der Waals surface area contributed by atoms with E-state index in [4.69, 9.17) is 26.8 Å². The largest absolute Gasteiger partial charge is 2.00 e. The first-order chi connectivity index (χ1) is 6.33. The molecule has 0 spiro atoms. The maximum Gasteiger partial charge on any atom is 2.00 e. The van der Waals surface area contributed by atoms with E-state index in [1.165, 1.54) is 6.54 Å². The van der Waals surface area contributed by atoms with E-state index in [-0.39, 0.29) is 21.7 Å². The van der Waals surface area contributed by atoms with Crippen molar-refractivity contribution in [1.29, 1.82) is 0 Å². The zero-order valence-electron chi connectivity index (χ0n) is 9.70. The van der Waals surface area contributed by atoms with Crippen LogP contribution in [0.15, 0.2) is 0 Å². The van der Waals surface area contributed by atoms with Gasteiger partial charge in [-0.25, -0.2) is 0 Å². The molecule has 0 amide bonds. The average molecular weight is 246 g/mol.